The predicted molar refractivity (Wildman–Crippen MR) is 38.3 cm³/mol. The van der Waals surface area contributed by atoms with Crippen LogP contribution in [-0.2, 0) is 0 Å². The number of carboxylic acids is 1. The molecule has 0 heterocycles. The molecule has 0 saturated carbocycles. The highest BCUT2D eigenvalue weighted by Gasteiger charge is 2.20. The molecular formula is C7H2ClF3O2. The zero-order valence-electron chi connectivity index (χ0n) is 5.94. The van der Waals surface area contributed by atoms with Crippen molar-refractivity contribution in [1.29, 1.82) is 0 Å². The molecular weight excluding hydrogens is 209 g/mol. The zero-order valence-corrected chi connectivity index (χ0v) is 6.70. The predicted octanol–water partition coefficient (Wildman–Crippen LogP) is 2.46. The Hall–Kier alpha value is -1.23. The number of hydrogen-bond donors (Lipinski definition) is 1. The van der Waals surface area contributed by atoms with E-state index in [1.165, 1.54) is 0 Å². The molecule has 1 N–H and O–H groups in total. The van der Waals surface area contributed by atoms with E-state index in [0.717, 1.165) is 0 Å². The van der Waals surface area contributed by atoms with Crippen molar-refractivity contribution < 1.29 is 23.1 Å². The Bertz CT molecular complexity index is 378. The largest absolute Gasteiger partial charge is 0.478 e. The van der Waals surface area contributed by atoms with E-state index < -0.39 is 34.0 Å². The molecule has 0 aliphatic rings. The maximum absolute atomic E-state index is 12.6. The van der Waals surface area contributed by atoms with Crippen LogP contribution in [0.25, 0.3) is 0 Å². The van der Waals surface area contributed by atoms with E-state index >= 15 is 0 Å². The summed E-state index contributed by atoms with van der Waals surface area (Å²) in [5, 5.41) is 7.43. The third-order valence-corrected chi connectivity index (χ3v) is 1.70. The SMILES string of the molecule is O=C(O)c1cc(F)c(F)c(F)c1Cl. The van der Waals surface area contributed by atoms with Gasteiger partial charge in [-0.15, -0.1) is 0 Å². The Balaban J connectivity index is 3.50. The monoisotopic (exact) mass is 210 g/mol. The Morgan fingerprint density at radius 3 is 2.31 bits per heavy atom. The van der Waals surface area contributed by atoms with Gasteiger partial charge in [-0.05, 0) is 6.07 Å². The molecule has 0 amide bonds. The van der Waals surface area contributed by atoms with Gasteiger partial charge in [0.1, 0.15) is 0 Å². The van der Waals surface area contributed by atoms with E-state index in [9.17, 15) is 18.0 Å². The number of carbonyl (C=O) groups is 1. The highest BCUT2D eigenvalue weighted by Crippen LogP contribution is 2.24. The first-order valence-corrected chi connectivity index (χ1v) is 3.39. The first-order valence-electron chi connectivity index (χ1n) is 3.01. The summed E-state index contributed by atoms with van der Waals surface area (Å²) in [7, 11) is 0. The van der Waals surface area contributed by atoms with Crippen molar-refractivity contribution in [2.45, 2.75) is 0 Å². The Morgan fingerprint density at radius 1 is 1.31 bits per heavy atom. The van der Waals surface area contributed by atoms with Gasteiger partial charge in [-0.3, -0.25) is 0 Å². The summed E-state index contributed by atoms with van der Waals surface area (Å²) in [5.74, 6) is -6.68. The summed E-state index contributed by atoms with van der Waals surface area (Å²) in [6.07, 6.45) is 0. The van der Waals surface area contributed by atoms with Crippen molar-refractivity contribution in [1.82, 2.24) is 0 Å². The van der Waals surface area contributed by atoms with E-state index in [2.05, 4.69) is 0 Å². The average Bonchev–Trinajstić information content (AvgIpc) is 2.07. The molecule has 70 valence electrons. The molecule has 2 nitrogen and oxygen atoms in total. The molecule has 6 heteroatoms. The number of carboxylic acid groups (broad SMARTS) is 1. The fraction of sp³-hybridized carbons (Fsp3) is 0. The van der Waals surface area contributed by atoms with Crippen molar-refractivity contribution in [3.05, 3.63) is 34.1 Å². The number of aromatic carboxylic acids is 1. The van der Waals surface area contributed by atoms with Gasteiger partial charge in [-0.2, -0.15) is 0 Å². The third-order valence-electron chi connectivity index (χ3n) is 1.33. The molecule has 0 aliphatic heterocycles. The van der Waals surface area contributed by atoms with Crippen LogP contribution in [0.2, 0.25) is 5.02 Å². The van der Waals surface area contributed by atoms with Gasteiger partial charge in [0.25, 0.3) is 0 Å². The van der Waals surface area contributed by atoms with Crippen molar-refractivity contribution in [3.8, 4) is 0 Å². The fourth-order valence-electron chi connectivity index (χ4n) is 0.728. The minimum atomic E-state index is -1.78. The van der Waals surface area contributed by atoms with Crippen LogP contribution in [0.3, 0.4) is 0 Å². The lowest BCUT2D eigenvalue weighted by molar-refractivity contribution is 0.0695. The van der Waals surface area contributed by atoms with Crippen LogP contribution in [0.1, 0.15) is 10.4 Å². The van der Waals surface area contributed by atoms with Gasteiger partial charge in [0.05, 0.1) is 10.6 Å². The summed E-state index contributed by atoms with van der Waals surface area (Å²) < 4.78 is 37.5. The molecule has 1 aromatic rings. The van der Waals surface area contributed by atoms with E-state index in [1.807, 2.05) is 0 Å². The van der Waals surface area contributed by atoms with Crippen LogP contribution in [0, 0.1) is 17.5 Å². The lowest BCUT2D eigenvalue weighted by Crippen LogP contribution is -2.03. The van der Waals surface area contributed by atoms with E-state index in [-0.39, 0.29) is 0 Å². The van der Waals surface area contributed by atoms with Gasteiger partial charge in [0.15, 0.2) is 17.5 Å². The van der Waals surface area contributed by atoms with Crippen LogP contribution in [0.15, 0.2) is 6.07 Å². The second kappa shape index (κ2) is 3.26. The maximum Gasteiger partial charge on any atom is 0.337 e. The molecule has 1 aromatic carbocycles. The Labute approximate surface area is 75.6 Å². The van der Waals surface area contributed by atoms with E-state index in [4.69, 9.17) is 16.7 Å². The summed E-state index contributed by atoms with van der Waals surface area (Å²) >= 11 is 5.10. The van der Waals surface area contributed by atoms with Crippen molar-refractivity contribution >= 4 is 17.6 Å². The lowest BCUT2D eigenvalue weighted by Gasteiger charge is -2.01. The zero-order chi connectivity index (χ0) is 10.2. The summed E-state index contributed by atoms with van der Waals surface area (Å²) in [6.45, 7) is 0. The first kappa shape index (κ1) is 9.85. The molecule has 0 radical (unpaired) electrons. The van der Waals surface area contributed by atoms with Crippen LogP contribution < -0.4 is 0 Å². The van der Waals surface area contributed by atoms with Crippen molar-refractivity contribution in [2.24, 2.45) is 0 Å². The maximum atomic E-state index is 12.6. The molecule has 0 spiro atoms. The van der Waals surface area contributed by atoms with Crippen molar-refractivity contribution in [3.63, 3.8) is 0 Å². The van der Waals surface area contributed by atoms with Gasteiger partial charge in [0.2, 0.25) is 0 Å². The van der Waals surface area contributed by atoms with Gasteiger partial charge in [-0.25, -0.2) is 18.0 Å². The number of benzene rings is 1. The fourth-order valence-corrected chi connectivity index (χ4v) is 0.947. The molecule has 0 saturated heterocycles. The standard InChI is InChI=1S/C7H2ClF3O2/c8-4-2(7(12)13)1-3(9)5(10)6(4)11/h1H,(H,12,13). The number of halogens is 4. The second-order valence-corrected chi connectivity index (χ2v) is 2.53. The van der Waals surface area contributed by atoms with E-state index in [0.29, 0.717) is 6.07 Å². The normalized spacial score (nSPS) is 10.2. The van der Waals surface area contributed by atoms with Gasteiger partial charge in [0, 0.05) is 0 Å². The third kappa shape index (κ3) is 1.60. The summed E-state index contributed by atoms with van der Waals surface area (Å²) in [4.78, 5) is 10.3. The number of hydrogen-bond acceptors (Lipinski definition) is 1. The molecule has 13 heavy (non-hydrogen) atoms. The molecule has 0 unspecified atom stereocenters. The molecule has 0 fully saturated rings. The first-order chi connectivity index (χ1) is 5.95. The number of rotatable bonds is 1. The minimum absolute atomic E-state index is 0.322. The van der Waals surface area contributed by atoms with Gasteiger partial charge >= 0.3 is 5.97 Å². The highest BCUT2D eigenvalue weighted by molar-refractivity contribution is 6.33. The molecule has 0 aliphatic carbocycles. The Morgan fingerprint density at radius 2 is 1.85 bits per heavy atom. The highest BCUT2D eigenvalue weighted by atomic mass is 35.5. The molecule has 0 bridgehead atoms. The minimum Gasteiger partial charge on any atom is -0.478 e. The van der Waals surface area contributed by atoms with Gasteiger partial charge < -0.3 is 5.11 Å². The van der Waals surface area contributed by atoms with Crippen LogP contribution in [0.5, 0.6) is 0 Å². The Kier molecular flexibility index (Phi) is 2.47. The van der Waals surface area contributed by atoms with E-state index in [1.54, 1.807) is 0 Å². The quantitative estimate of drug-likeness (QED) is 0.571. The summed E-state index contributed by atoms with van der Waals surface area (Å²) in [6, 6.07) is 0.322. The van der Waals surface area contributed by atoms with Gasteiger partial charge in [-0.1, -0.05) is 11.6 Å². The summed E-state index contributed by atoms with van der Waals surface area (Å²) in [5.41, 5.74) is -0.807. The van der Waals surface area contributed by atoms with Crippen LogP contribution >= 0.6 is 11.6 Å². The molecule has 1 rings (SSSR count). The average molecular weight is 211 g/mol. The van der Waals surface area contributed by atoms with Crippen LogP contribution in [-0.4, -0.2) is 11.1 Å². The van der Waals surface area contributed by atoms with Crippen LogP contribution in [0.4, 0.5) is 13.2 Å². The molecule has 0 aromatic heterocycles. The topological polar surface area (TPSA) is 37.3 Å². The second-order valence-electron chi connectivity index (χ2n) is 2.15. The lowest BCUT2D eigenvalue weighted by atomic mass is 10.2. The van der Waals surface area contributed by atoms with Crippen molar-refractivity contribution in [2.75, 3.05) is 0 Å². The molecule has 0 atom stereocenters. The smallest absolute Gasteiger partial charge is 0.337 e.